The van der Waals surface area contributed by atoms with Crippen LogP contribution in [0, 0.1) is 0 Å². The highest BCUT2D eigenvalue weighted by atomic mass is 32.2. The summed E-state index contributed by atoms with van der Waals surface area (Å²) >= 11 is 0. The molecule has 0 saturated carbocycles. The van der Waals surface area contributed by atoms with Gasteiger partial charge in [-0.25, -0.2) is 13.4 Å². The molecule has 4 rings (SSSR count). The number of hydrogen-bond donors (Lipinski definition) is 1. The fourth-order valence-electron chi connectivity index (χ4n) is 3.51. The standard InChI is InChI=1S/C20H17F3N4O5S/c21-20(22,23)32-13-5-7-14(8-6-13)33(30,31)27-10-9-26(12-17(27)19(28)29)18-11-24-15-3-1-2-4-16(15)25-18/h1-8,11,17H,9-10,12H2,(H,28,29)/t17-/m1/s1. The van der Waals surface area contributed by atoms with Gasteiger partial charge in [0.25, 0.3) is 0 Å². The molecule has 1 aromatic heterocycles. The lowest BCUT2D eigenvalue weighted by atomic mass is 10.2. The van der Waals surface area contributed by atoms with Crippen molar-refractivity contribution < 1.29 is 36.2 Å². The molecule has 1 atom stereocenters. The van der Waals surface area contributed by atoms with E-state index in [0.717, 1.165) is 28.6 Å². The van der Waals surface area contributed by atoms with Crippen molar-refractivity contribution in [1.29, 1.82) is 0 Å². The zero-order chi connectivity index (χ0) is 23.8. The number of aliphatic carboxylic acids is 1. The lowest BCUT2D eigenvalue weighted by Crippen LogP contribution is -2.58. The average molecular weight is 482 g/mol. The average Bonchev–Trinajstić information content (AvgIpc) is 2.77. The number of anilines is 1. The van der Waals surface area contributed by atoms with E-state index in [4.69, 9.17) is 0 Å². The van der Waals surface area contributed by atoms with E-state index in [1.165, 1.54) is 6.20 Å². The molecule has 2 heterocycles. The molecule has 174 valence electrons. The molecule has 0 unspecified atom stereocenters. The van der Waals surface area contributed by atoms with E-state index >= 15 is 0 Å². The van der Waals surface area contributed by atoms with Gasteiger partial charge in [-0.1, -0.05) is 12.1 Å². The lowest BCUT2D eigenvalue weighted by Gasteiger charge is -2.38. The third kappa shape index (κ3) is 4.83. The Kier molecular flexibility index (Phi) is 5.84. The predicted octanol–water partition coefficient (Wildman–Crippen LogP) is 2.49. The van der Waals surface area contributed by atoms with Crippen LogP contribution < -0.4 is 9.64 Å². The Morgan fingerprint density at radius 1 is 1.06 bits per heavy atom. The molecule has 0 radical (unpaired) electrons. The number of carbonyl (C=O) groups is 1. The maximum Gasteiger partial charge on any atom is 0.573 e. The molecule has 0 spiro atoms. The zero-order valence-corrected chi connectivity index (χ0v) is 17.6. The van der Waals surface area contributed by atoms with Crippen molar-refractivity contribution >= 4 is 32.8 Å². The second-order valence-corrected chi connectivity index (χ2v) is 9.04. The number of sulfonamides is 1. The summed E-state index contributed by atoms with van der Waals surface area (Å²) < 4.78 is 67.7. The Bertz CT molecular complexity index is 1280. The van der Waals surface area contributed by atoms with Gasteiger partial charge in [0.2, 0.25) is 10.0 Å². The van der Waals surface area contributed by atoms with Crippen molar-refractivity contribution in [3.63, 3.8) is 0 Å². The Labute approximate surface area is 186 Å². The third-order valence-corrected chi connectivity index (χ3v) is 6.96. The van der Waals surface area contributed by atoms with Gasteiger partial charge in [0.05, 0.1) is 22.1 Å². The highest BCUT2D eigenvalue weighted by Gasteiger charge is 2.41. The number of ether oxygens (including phenoxy) is 1. The molecule has 1 fully saturated rings. The fourth-order valence-corrected chi connectivity index (χ4v) is 5.08. The molecule has 3 aromatic rings. The van der Waals surface area contributed by atoms with Gasteiger partial charge < -0.3 is 14.7 Å². The van der Waals surface area contributed by atoms with Crippen LogP contribution in [-0.4, -0.2) is 65.8 Å². The molecule has 33 heavy (non-hydrogen) atoms. The Morgan fingerprint density at radius 2 is 1.73 bits per heavy atom. The molecule has 0 amide bonds. The molecule has 2 aromatic carbocycles. The summed E-state index contributed by atoms with van der Waals surface area (Å²) in [4.78, 5) is 22.0. The van der Waals surface area contributed by atoms with Crippen LogP contribution in [0.25, 0.3) is 11.0 Å². The highest BCUT2D eigenvalue weighted by Crippen LogP contribution is 2.28. The summed E-state index contributed by atoms with van der Waals surface area (Å²) in [5, 5.41) is 9.71. The minimum atomic E-state index is -4.92. The second kappa shape index (κ2) is 8.48. The van der Waals surface area contributed by atoms with E-state index in [1.54, 1.807) is 23.1 Å². The number of carboxylic acids is 1. The monoisotopic (exact) mass is 482 g/mol. The minimum absolute atomic E-state index is 0.144. The van der Waals surface area contributed by atoms with Gasteiger partial charge in [0.15, 0.2) is 0 Å². The summed E-state index contributed by atoms with van der Waals surface area (Å²) in [7, 11) is -4.30. The van der Waals surface area contributed by atoms with Crippen LogP contribution >= 0.6 is 0 Å². The number of carboxylic acid groups (broad SMARTS) is 1. The number of benzene rings is 2. The normalized spacial score (nSPS) is 17.8. The SMILES string of the molecule is O=C(O)[C@H]1CN(c2cnc3ccccc3n2)CCN1S(=O)(=O)c1ccc(OC(F)(F)F)cc1. The van der Waals surface area contributed by atoms with Gasteiger partial charge >= 0.3 is 12.3 Å². The first-order chi connectivity index (χ1) is 15.5. The van der Waals surface area contributed by atoms with Crippen molar-refractivity contribution in [3.8, 4) is 5.75 Å². The number of aromatic nitrogens is 2. The van der Waals surface area contributed by atoms with Gasteiger partial charge in [0.1, 0.15) is 17.6 Å². The molecular formula is C20H17F3N4O5S. The van der Waals surface area contributed by atoms with Crippen LogP contribution in [0.3, 0.4) is 0 Å². The van der Waals surface area contributed by atoms with Gasteiger partial charge in [-0.05, 0) is 36.4 Å². The van der Waals surface area contributed by atoms with Gasteiger partial charge in [0, 0.05) is 19.6 Å². The molecule has 9 nitrogen and oxygen atoms in total. The van der Waals surface area contributed by atoms with Gasteiger partial charge in [-0.2, -0.15) is 4.31 Å². The molecule has 1 aliphatic heterocycles. The summed E-state index contributed by atoms with van der Waals surface area (Å²) in [5.74, 6) is -1.55. The van der Waals surface area contributed by atoms with Crippen molar-refractivity contribution in [2.24, 2.45) is 0 Å². The zero-order valence-electron chi connectivity index (χ0n) is 16.8. The van der Waals surface area contributed by atoms with Crippen LogP contribution in [0.15, 0.2) is 59.6 Å². The van der Waals surface area contributed by atoms with Crippen LogP contribution in [-0.2, 0) is 14.8 Å². The number of nitrogens with zero attached hydrogens (tertiary/aromatic N) is 4. The topological polar surface area (TPSA) is 113 Å². The molecule has 1 aliphatic rings. The predicted molar refractivity (Wildman–Crippen MR) is 110 cm³/mol. The number of fused-ring (bicyclic) bond motifs is 1. The maximum atomic E-state index is 13.1. The first-order valence-corrected chi connectivity index (χ1v) is 11.1. The fraction of sp³-hybridized carbons (Fsp3) is 0.250. The Balaban J connectivity index is 1.57. The van der Waals surface area contributed by atoms with Gasteiger partial charge in [-0.3, -0.25) is 9.78 Å². The highest BCUT2D eigenvalue weighted by molar-refractivity contribution is 7.89. The van der Waals surface area contributed by atoms with E-state index < -0.39 is 34.1 Å². The molecule has 1 N–H and O–H groups in total. The second-order valence-electron chi connectivity index (χ2n) is 7.15. The Morgan fingerprint density at radius 3 is 2.36 bits per heavy atom. The molecule has 0 aliphatic carbocycles. The lowest BCUT2D eigenvalue weighted by molar-refractivity contribution is -0.274. The van der Waals surface area contributed by atoms with Crippen molar-refractivity contribution in [2.75, 3.05) is 24.5 Å². The van der Waals surface area contributed by atoms with E-state index in [1.807, 2.05) is 6.07 Å². The third-order valence-electron chi connectivity index (χ3n) is 5.04. The van der Waals surface area contributed by atoms with E-state index in [2.05, 4.69) is 14.7 Å². The molecule has 1 saturated heterocycles. The number of para-hydroxylation sites is 2. The molecule has 13 heteroatoms. The summed E-state index contributed by atoms with van der Waals surface area (Å²) in [5.41, 5.74) is 1.27. The van der Waals surface area contributed by atoms with Gasteiger partial charge in [-0.15, -0.1) is 13.2 Å². The first-order valence-electron chi connectivity index (χ1n) is 9.62. The summed E-state index contributed by atoms with van der Waals surface area (Å²) in [6.45, 7) is -0.212. The van der Waals surface area contributed by atoms with Crippen molar-refractivity contribution in [3.05, 3.63) is 54.7 Å². The maximum absolute atomic E-state index is 13.1. The number of piperazine rings is 1. The number of halogens is 3. The van der Waals surface area contributed by atoms with Crippen LogP contribution in [0.5, 0.6) is 5.75 Å². The van der Waals surface area contributed by atoms with Crippen LogP contribution in [0.4, 0.5) is 19.0 Å². The van der Waals surface area contributed by atoms with Crippen LogP contribution in [0.1, 0.15) is 0 Å². The number of alkyl halides is 3. The number of rotatable bonds is 5. The Hall–Kier alpha value is -3.45. The van der Waals surface area contributed by atoms with E-state index in [9.17, 15) is 31.5 Å². The van der Waals surface area contributed by atoms with E-state index in [-0.39, 0.29) is 24.5 Å². The first kappa shape index (κ1) is 22.7. The van der Waals surface area contributed by atoms with Crippen molar-refractivity contribution in [1.82, 2.24) is 14.3 Å². The summed E-state index contributed by atoms with van der Waals surface area (Å²) in [6.07, 6.45) is -3.43. The van der Waals surface area contributed by atoms with E-state index in [0.29, 0.717) is 16.9 Å². The summed E-state index contributed by atoms with van der Waals surface area (Å²) in [6, 6.07) is 9.29. The quantitative estimate of drug-likeness (QED) is 0.590. The largest absolute Gasteiger partial charge is 0.573 e. The van der Waals surface area contributed by atoms with Crippen molar-refractivity contribution in [2.45, 2.75) is 17.3 Å². The van der Waals surface area contributed by atoms with Crippen LogP contribution in [0.2, 0.25) is 0 Å². The smallest absolute Gasteiger partial charge is 0.480 e. The molecular weight excluding hydrogens is 465 g/mol. The number of hydrogen-bond acceptors (Lipinski definition) is 7. The minimum Gasteiger partial charge on any atom is -0.480 e. The molecule has 0 bridgehead atoms.